The number of hydrogen-bond acceptors (Lipinski definition) is 3. The summed E-state index contributed by atoms with van der Waals surface area (Å²) in [6.07, 6.45) is 4.88. The molecule has 20 heavy (non-hydrogen) atoms. The SMILES string of the molecule is COC1C(=O)CCC(C(C)O)[C@H]1/C(C)=C/CCC(C)C. The van der Waals surface area contributed by atoms with Gasteiger partial charge in [0, 0.05) is 19.4 Å². The van der Waals surface area contributed by atoms with Gasteiger partial charge in [-0.1, -0.05) is 25.5 Å². The first-order valence-corrected chi connectivity index (χ1v) is 7.78. The van der Waals surface area contributed by atoms with Gasteiger partial charge in [0.1, 0.15) is 6.10 Å². The summed E-state index contributed by atoms with van der Waals surface area (Å²) in [6, 6.07) is 0. The second-order valence-corrected chi connectivity index (χ2v) is 6.51. The summed E-state index contributed by atoms with van der Waals surface area (Å²) in [5.41, 5.74) is 1.19. The second-order valence-electron chi connectivity index (χ2n) is 6.51. The Labute approximate surface area is 123 Å². The van der Waals surface area contributed by atoms with Gasteiger partial charge in [-0.25, -0.2) is 0 Å². The standard InChI is InChI=1S/C17H30O3/c1-11(2)7-6-8-12(3)16-14(13(4)18)9-10-15(19)17(16)20-5/h8,11,13-14,16-18H,6-7,9-10H2,1-5H3/b12-8+/t13?,14?,16-,17?/m1/s1. The topological polar surface area (TPSA) is 46.5 Å². The first kappa shape index (κ1) is 17.4. The number of hydrogen-bond donors (Lipinski definition) is 1. The second kappa shape index (κ2) is 7.94. The first-order valence-electron chi connectivity index (χ1n) is 7.78. The van der Waals surface area contributed by atoms with E-state index in [9.17, 15) is 9.90 Å². The van der Waals surface area contributed by atoms with Crippen molar-refractivity contribution in [1.82, 2.24) is 0 Å². The van der Waals surface area contributed by atoms with Gasteiger partial charge in [0.2, 0.25) is 0 Å². The summed E-state index contributed by atoms with van der Waals surface area (Å²) in [7, 11) is 1.60. The van der Waals surface area contributed by atoms with Crippen LogP contribution in [-0.4, -0.2) is 30.2 Å². The Morgan fingerprint density at radius 2 is 2.10 bits per heavy atom. The van der Waals surface area contributed by atoms with Gasteiger partial charge < -0.3 is 9.84 Å². The molecule has 3 nitrogen and oxygen atoms in total. The van der Waals surface area contributed by atoms with Crippen LogP contribution in [0, 0.1) is 17.8 Å². The quantitative estimate of drug-likeness (QED) is 0.760. The molecule has 1 saturated carbocycles. The Hall–Kier alpha value is -0.670. The maximum Gasteiger partial charge on any atom is 0.162 e. The Morgan fingerprint density at radius 1 is 1.45 bits per heavy atom. The Balaban J connectivity index is 2.88. The van der Waals surface area contributed by atoms with Crippen LogP contribution >= 0.6 is 0 Å². The number of allylic oxidation sites excluding steroid dienone is 1. The zero-order chi connectivity index (χ0) is 15.3. The number of carbonyl (C=O) groups excluding carboxylic acids is 1. The Morgan fingerprint density at radius 3 is 2.60 bits per heavy atom. The first-order chi connectivity index (χ1) is 9.38. The monoisotopic (exact) mass is 282 g/mol. The van der Waals surface area contributed by atoms with E-state index < -0.39 is 12.2 Å². The molecule has 1 aliphatic rings. The highest BCUT2D eigenvalue weighted by atomic mass is 16.5. The Bertz CT molecular complexity index is 344. The molecule has 0 aliphatic heterocycles. The van der Waals surface area contributed by atoms with Gasteiger partial charge in [-0.05, 0) is 44.9 Å². The van der Waals surface area contributed by atoms with Crippen LogP contribution in [0.15, 0.2) is 11.6 Å². The maximum atomic E-state index is 12.1. The minimum atomic E-state index is -0.404. The van der Waals surface area contributed by atoms with Crippen molar-refractivity contribution in [3.63, 3.8) is 0 Å². The number of aliphatic hydroxyl groups excluding tert-OH is 1. The molecule has 3 unspecified atom stereocenters. The zero-order valence-corrected chi connectivity index (χ0v) is 13.6. The number of ether oxygens (including phenoxy) is 1. The number of rotatable bonds is 6. The maximum absolute atomic E-state index is 12.1. The smallest absolute Gasteiger partial charge is 0.162 e. The zero-order valence-electron chi connectivity index (χ0n) is 13.6. The highest BCUT2D eigenvalue weighted by molar-refractivity contribution is 5.84. The van der Waals surface area contributed by atoms with E-state index in [0.717, 1.165) is 19.3 Å². The average Bonchev–Trinajstić information content (AvgIpc) is 2.37. The van der Waals surface area contributed by atoms with Crippen LogP contribution in [0.5, 0.6) is 0 Å². The molecule has 0 aromatic heterocycles. The minimum Gasteiger partial charge on any atom is -0.393 e. The molecule has 0 saturated heterocycles. The summed E-state index contributed by atoms with van der Waals surface area (Å²) in [5.74, 6) is 0.991. The molecule has 116 valence electrons. The van der Waals surface area contributed by atoms with E-state index in [4.69, 9.17) is 4.74 Å². The molecular weight excluding hydrogens is 252 g/mol. The summed E-state index contributed by atoms with van der Waals surface area (Å²) in [6.45, 7) is 8.32. The van der Waals surface area contributed by atoms with Crippen molar-refractivity contribution in [3.8, 4) is 0 Å². The number of Topliss-reactive ketones (excluding diaryl/α,β-unsaturated/α-hetero) is 1. The number of aliphatic hydroxyl groups is 1. The van der Waals surface area contributed by atoms with Crippen molar-refractivity contribution < 1.29 is 14.6 Å². The van der Waals surface area contributed by atoms with E-state index in [1.54, 1.807) is 7.11 Å². The van der Waals surface area contributed by atoms with E-state index in [2.05, 4.69) is 26.8 Å². The van der Waals surface area contributed by atoms with Crippen molar-refractivity contribution in [3.05, 3.63) is 11.6 Å². The van der Waals surface area contributed by atoms with Gasteiger partial charge >= 0.3 is 0 Å². The predicted octanol–water partition coefficient (Wildman–Crippen LogP) is 3.36. The third kappa shape index (κ3) is 4.42. The molecule has 1 fully saturated rings. The fourth-order valence-corrected chi connectivity index (χ4v) is 3.23. The number of ketones is 1. The number of methoxy groups -OCH3 is 1. The van der Waals surface area contributed by atoms with Crippen LogP contribution in [0.25, 0.3) is 0 Å². The fourth-order valence-electron chi connectivity index (χ4n) is 3.23. The third-order valence-corrected chi connectivity index (χ3v) is 4.44. The average molecular weight is 282 g/mol. The van der Waals surface area contributed by atoms with Crippen LogP contribution in [0.1, 0.15) is 53.4 Å². The molecule has 3 heteroatoms. The summed E-state index contributed by atoms with van der Waals surface area (Å²) < 4.78 is 5.44. The lowest BCUT2D eigenvalue weighted by Gasteiger charge is -2.38. The molecule has 0 aromatic carbocycles. The highest BCUT2D eigenvalue weighted by Gasteiger charge is 2.41. The summed E-state index contributed by atoms with van der Waals surface area (Å²) in [4.78, 5) is 12.1. The lowest BCUT2D eigenvalue weighted by Crippen LogP contribution is -2.45. The van der Waals surface area contributed by atoms with Crippen LogP contribution < -0.4 is 0 Å². The summed E-state index contributed by atoms with van der Waals surface area (Å²) >= 11 is 0. The molecule has 0 bridgehead atoms. The summed E-state index contributed by atoms with van der Waals surface area (Å²) in [5, 5.41) is 10.0. The van der Waals surface area contributed by atoms with Crippen LogP contribution in [0.2, 0.25) is 0 Å². The van der Waals surface area contributed by atoms with Crippen LogP contribution in [0.4, 0.5) is 0 Å². The molecule has 0 radical (unpaired) electrons. The molecule has 1 N–H and O–H groups in total. The highest BCUT2D eigenvalue weighted by Crippen LogP contribution is 2.37. The van der Waals surface area contributed by atoms with Crippen LogP contribution in [0.3, 0.4) is 0 Å². The predicted molar refractivity (Wildman–Crippen MR) is 81.5 cm³/mol. The van der Waals surface area contributed by atoms with E-state index >= 15 is 0 Å². The molecule has 0 aromatic rings. The molecule has 0 amide bonds. The van der Waals surface area contributed by atoms with E-state index in [0.29, 0.717) is 12.3 Å². The van der Waals surface area contributed by atoms with Crippen molar-refractivity contribution in [2.24, 2.45) is 17.8 Å². The minimum absolute atomic E-state index is 0.0217. The molecular formula is C17H30O3. The molecule has 1 rings (SSSR count). The lowest BCUT2D eigenvalue weighted by molar-refractivity contribution is -0.138. The lowest BCUT2D eigenvalue weighted by atomic mass is 9.70. The molecule has 0 spiro atoms. The van der Waals surface area contributed by atoms with E-state index in [1.807, 2.05) is 6.92 Å². The number of carbonyl (C=O) groups is 1. The van der Waals surface area contributed by atoms with E-state index in [1.165, 1.54) is 5.57 Å². The van der Waals surface area contributed by atoms with Crippen molar-refractivity contribution in [1.29, 1.82) is 0 Å². The molecule has 1 aliphatic carbocycles. The van der Waals surface area contributed by atoms with Crippen LogP contribution in [-0.2, 0) is 9.53 Å². The van der Waals surface area contributed by atoms with Gasteiger partial charge in [0.05, 0.1) is 6.10 Å². The Kier molecular flexibility index (Phi) is 6.90. The van der Waals surface area contributed by atoms with Gasteiger partial charge in [0.25, 0.3) is 0 Å². The normalized spacial score (nSPS) is 29.9. The van der Waals surface area contributed by atoms with Crippen molar-refractivity contribution in [2.45, 2.75) is 65.6 Å². The van der Waals surface area contributed by atoms with Gasteiger partial charge in [-0.3, -0.25) is 4.79 Å². The van der Waals surface area contributed by atoms with Crippen molar-refractivity contribution in [2.75, 3.05) is 7.11 Å². The molecule has 4 atom stereocenters. The van der Waals surface area contributed by atoms with Gasteiger partial charge in [-0.2, -0.15) is 0 Å². The van der Waals surface area contributed by atoms with Gasteiger partial charge in [-0.15, -0.1) is 0 Å². The van der Waals surface area contributed by atoms with Gasteiger partial charge in [0.15, 0.2) is 5.78 Å². The van der Waals surface area contributed by atoms with Crippen molar-refractivity contribution >= 4 is 5.78 Å². The molecule has 0 heterocycles. The third-order valence-electron chi connectivity index (χ3n) is 4.44. The van der Waals surface area contributed by atoms with E-state index in [-0.39, 0.29) is 17.6 Å². The fraction of sp³-hybridized carbons (Fsp3) is 0.824. The largest absolute Gasteiger partial charge is 0.393 e.